The fourth-order valence-electron chi connectivity index (χ4n) is 2.25. The Morgan fingerprint density at radius 3 is 3.00 bits per heavy atom. The van der Waals surface area contributed by atoms with Crippen LogP contribution < -0.4 is 4.74 Å². The van der Waals surface area contributed by atoms with Gasteiger partial charge in [0.25, 0.3) is 5.91 Å². The van der Waals surface area contributed by atoms with E-state index in [1.54, 1.807) is 11.0 Å². The number of hydrogen-bond acceptors (Lipinski definition) is 3. The number of likely N-dealkylation sites (tertiary alicyclic amines) is 1. The van der Waals surface area contributed by atoms with E-state index >= 15 is 0 Å². The summed E-state index contributed by atoms with van der Waals surface area (Å²) < 4.78 is 28.6. The number of ether oxygens (including phenoxy) is 1. The van der Waals surface area contributed by atoms with Crippen molar-refractivity contribution < 1.29 is 18.3 Å². The molecule has 1 saturated heterocycles. The van der Waals surface area contributed by atoms with Gasteiger partial charge in [-0.15, -0.1) is 0 Å². The summed E-state index contributed by atoms with van der Waals surface area (Å²) >= 11 is 0. The fraction of sp³-hybridized carbons (Fsp3) is 0.429. The predicted octanol–water partition coefficient (Wildman–Crippen LogP) is 2.66. The number of amides is 1. The average molecular weight is 280 g/mol. The number of piperidine rings is 1. The number of carbonyl (C=O) groups excluding carboxylic acids is 1. The minimum absolute atomic E-state index is 0.0420. The lowest BCUT2D eigenvalue weighted by molar-refractivity contribution is -0.0499. The summed E-state index contributed by atoms with van der Waals surface area (Å²) in [6, 6.07) is 7.88. The molecule has 1 fully saturated rings. The van der Waals surface area contributed by atoms with Crippen LogP contribution in [0.3, 0.4) is 0 Å². The van der Waals surface area contributed by atoms with Gasteiger partial charge in [0.2, 0.25) is 0 Å². The first-order valence-electron chi connectivity index (χ1n) is 6.34. The molecule has 4 nitrogen and oxygen atoms in total. The topological polar surface area (TPSA) is 53.3 Å². The maximum Gasteiger partial charge on any atom is 0.387 e. The van der Waals surface area contributed by atoms with Crippen LogP contribution in [0, 0.1) is 17.2 Å². The zero-order chi connectivity index (χ0) is 14.5. The second-order valence-electron chi connectivity index (χ2n) is 4.63. The molecule has 0 radical (unpaired) electrons. The Labute approximate surface area is 115 Å². The maximum atomic E-state index is 12.3. The highest BCUT2D eigenvalue weighted by Gasteiger charge is 2.24. The fourth-order valence-corrected chi connectivity index (χ4v) is 2.25. The van der Waals surface area contributed by atoms with Crippen molar-refractivity contribution in [3.8, 4) is 11.8 Å². The van der Waals surface area contributed by atoms with Crippen LogP contribution in [0.1, 0.15) is 23.2 Å². The molecule has 0 aliphatic carbocycles. The van der Waals surface area contributed by atoms with E-state index in [1.165, 1.54) is 18.2 Å². The van der Waals surface area contributed by atoms with E-state index < -0.39 is 6.61 Å². The van der Waals surface area contributed by atoms with E-state index in [0.29, 0.717) is 18.7 Å². The van der Waals surface area contributed by atoms with Crippen molar-refractivity contribution in [3.05, 3.63) is 29.8 Å². The van der Waals surface area contributed by atoms with Crippen molar-refractivity contribution in [2.75, 3.05) is 13.1 Å². The van der Waals surface area contributed by atoms with Crippen LogP contribution in [-0.2, 0) is 0 Å². The molecule has 0 N–H and O–H groups in total. The van der Waals surface area contributed by atoms with Crippen molar-refractivity contribution in [3.63, 3.8) is 0 Å². The third-order valence-corrected chi connectivity index (χ3v) is 3.20. The molecule has 1 aromatic rings. The molecule has 106 valence electrons. The van der Waals surface area contributed by atoms with Gasteiger partial charge in [0, 0.05) is 18.7 Å². The molecule has 2 rings (SSSR count). The highest BCUT2D eigenvalue weighted by Crippen LogP contribution is 2.21. The summed E-state index contributed by atoms with van der Waals surface area (Å²) in [7, 11) is 0. The van der Waals surface area contributed by atoms with Crippen molar-refractivity contribution >= 4 is 5.91 Å². The minimum atomic E-state index is -2.92. The zero-order valence-electron chi connectivity index (χ0n) is 10.8. The smallest absolute Gasteiger partial charge is 0.387 e. The van der Waals surface area contributed by atoms with Gasteiger partial charge in [0.05, 0.1) is 12.0 Å². The summed E-state index contributed by atoms with van der Waals surface area (Å²) in [5.74, 6) is -0.461. The molecule has 1 heterocycles. The van der Waals surface area contributed by atoms with Crippen molar-refractivity contribution in [1.29, 1.82) is 5.26 Å². The Morgan fingerprint density at radius 2 is 2.30 bits per heavy atom. The van der Waals surface area contributed by atoms with Crippen LogP contribution in [-0.4, -0.2) is 30.5 Å². The van der Waals surface area contributed by atoms with E-state index in [1.807, 2.05) is 0 Å². The third-order valence-electron chi connectivity index (χ3n) is 3.20. The lowest BCUT2D eigenvalue weighted by Gasteiger charge is -2.29. The Hall–Kier alpha value is -2.16. The van der Waals surface area contributed by atoms with E-state index in [4.69, 9.17) is 5.26 Å². The molecule has 20 heavy (non-hydrogen) atoms. The highest BCUT2D eigenvalue weighted by atomic mass is 19.3. The van der Waals surface area contributed by atoms with Crippen LogP contribution >= 0.6 is 0 Å². The number of benzene rings is 1. The van der Waals surface area contributed by atoms with Gasteiger partial charge in [0.15, 0.2) is 0 Å². The zero-order valence-corrected chi connectivity index (χ0v) is 10.8. The Bertz CT molecular complexity index is 528. The molecule has 1 aliphatic heterocycles. The van der Waals surface area contributed by atoms with Gasteiger partial charge < -0.3 is 9.64 Å². The quantitative estimate of drug-likeness (QED) is 0.855. The van der Waals surface area contributed by atoms with E-state index in [-0.39, 0.29) is 17.6 Å². The number of alkyl halides is 2. The molecule has 0 bridgehead atoms. The normalized spacial score (nSPS) is 18.7. The van der Waals surface area contributed by atoms with Crippen molar-refractivity contribution in [1.82, 2.24) is 4.90 Å². The predicted molar refractivity (Wildman–Crippen MR) is 67.3 cm³/mol. The Kier molecular flexibility index (Phi) is 4.51. The van der Waals surface area contributed by atoms with E-state index in [0.717, 1.165) is 12.8 Å². The molecule has 1 atom stereocenters. The summed E-state index contributed by atoms with van der Waals surface area (Å²) in [6.07, 6.45) is 1.56. The van der Waals surface area contributed by atoms with Crippen molar-refractivity contribution in [2.24, 2.45) is 5.92 Å². The molecule has 0 aromatic heterocycles. The van der Waals surface area contributed by atoms with Crippen LogP contribution in [0.2, 0.25) is 0 Å². The van der Waals surface area contributed by atoms with Gasteiger partial charge >= 0.3 is 6.61 Å². The van der Waals surface area contributed by atoms with Crippen LogP contribution in [0.4, 0.5) is 8.78 Å². The SMILES string of the molecule is N#CC1CCCN(C(=O)c2cccc(OC(F)F)c2)C1. The number of nitriles is 1. The molecular weight excluding hydrogens is 266 g/mol. The largest absolute Gasteiger partial charge is 0.435 e. The lowest BCUT2D eigenvalue weighted by atomic mass is 9.99. The van der Waals surface area contributed by atoms with Gasteiger partial charge in [-0.3, -0.25) is 4.79 Å². The van der Waals surface area contributed by atoms with Gasteiger partial charge in [-0.1, -0.05) is 6.07 Å². The third kappa shape index (κ3) is 3.44. The number of rotatable bonds is 3. The number of nitrogens with zero attached hydrogens (tertiary/aromatic N) is 2. The molecule has 1 aliphatic rings. The summed E-state index contributed by atoms with van der Waals surface area (Å²) in [4.78, 5) is 13.9. The molecule has 0 saturated carbocycles. The van der Waals surface area contributed by atoms with Crippen LogP contribution in [0.25, 0.3) is 0 Å². The lowest BCUT2D eigenvalue weighted by Crippen LogP contribution is -2.39. The molecule has 6 heteroatoms. The van der Waals surface area contributed by atoms with E-state index in [9.17, 15) is 13.6 Å². The van der Waals surface area contributed by atoms with Crippen LogP contribution in [0.15, 0.2) is 24.3 Å². The minimum Gasteiger partial charge on any atom is -0.435 e. The van der Waals surface area contributed by atoms with Gasteiger partial charge in [-0.25, -0.2) is 0 Å². The number of halogens is 2. The van der Waals surface area contributed by atoms with Gasteiger partial charge in [0.1, 0.15) is 5.75 Å². The molecule has 0 spiro atoms. The molecule has 1 amide bonds. The summed E-state index contributed by atoms with van der Waals surface area (Å²) in [6.45, 7) is -1.95. The first-order chi connectivity index (χ1) is 9.60. The summed E-state index contributed by atoms with van der Waals surface area (Å²) in [5, 5.41) is 8.91. The second kappa shape index (κ2) is 6.33. The molecule has 1 aromatic carbocycles. The van der Waals surface area contributed by atoms with Gasteiger partial charge in [-0.05, 0) is 31.0 Å². The number of carbonyl (C=O) groups is 1. The summed E-state index contributed by atoms with van der Waals surface area (Å²) in [5.41, 5.74) is 0.293. The molecular formula is C14H14F2N2O2. The number of hydrogen-bond donors (Lipinski definition) is 0. The standard InChI is InChI=1S/C14H14F2N2O2/c15-14(16)20-12-5-1-4-11(7-12)13(19)18-6-2-3-10(8-17)9-18/h1,4-5,7,10,14H,2-3,6,9H2. The first kappa shape index (κ1) is 14.3. The Morgan fingerprint density at radius 1 is 1.50 bits per heavy atom. The highest BCUT2D eigenvalue weighted by molar-refractivity contribution is 5.94. The van der Waals surface area contributed by atoms with Crippen LogP contribution in [0.5, 0.6) is 5.75 Å². The van der Waals surface area contributed by atoms with E-state index in [2.05, 4.69) is 10.8 Å². The first-order valence-corrected chi connectivity index (χ1v) is 6.34. The molecule has 1 unspecified atom stereocenters. The average Bonchev–Trinajstić information content (AvgIpc) is 2.46. The Balaban J connectivity index is 2.10. The van der Waals surface area contributed by atoms with Gasteiger partial charge in [-0.2, -0.15) is 14.0 Å². The maximum absolute atomic E-state index is 12.3. The second-order valence-corrected chi connectivity index (χ2v) is 4.63. The monoisotopic (exact) mass is 280 g/mol. The van der Waals surface area contributed by atoms with Crippen molar-refractivity contribution in [2.45, 2.75) is 19.5 Å².